The van der Waals surface area contributed by atoms with E-state index in [1.165, 1.54) is 18.4 Å². The summed E-state index contributed by atoms with van der Waals surface area (Å²) >= 11 is 0. The van der Waals surface area contributed by atoms with Gasteiger partial charge in [-0.3, -0.25) is 0 Å². The molecule has 19 heavy (non-hydrogen) atoms. The summed E-state index contributed by atoms with van der Waals surface area (Å²) in [6.07, 6.45) is 3.90. The van der Waals surface area contributed by atoms with Crippen LogP contribution in [0.15, 0.2) is 30.3 Å². The second-order valence-corrected chi connectivity index (χ2v) is 6.25. The monoisotopic (exact) mass is 261 g/mol. The highest BCUT2D eigenvalue weighted by atomic mass is 16.5. The number of rotatable bonds is 6. The lowest BCUT2D eigenvalue weighted by Gasteiger charge is -2.52. The number of ether oxygens (including phenoxy) is 1. The summed E-state index contributed by atoms with van der Waals surface area (Å²) in [5, 5.41) is 3.85. The molecular formula is C17H27NO. The van der Waals surface area contributed by atoms with E-state index < -0.39 is 0 Å². The Morgan fingerprint density at radius 3 is 2.53 bits per heavy atom. The van der Waals surface area contributed by atoms with Gasteiger partial charge in [-0.05, 0) is 18.4 Å². The van der Waals surface area contributed by atoms with E-state index in [2.05, 4.69) is 56.4 Å². The Hall–Kier alpha value is -0.860. The summed E-state index contributed by atoms with van der Waals surface area (Å²) in [6, 6.07) is 11.8. The van der Waals surface area contributed by atoms with Crippen LogP contribution in [0, 0.1) is 5.41 Å². The SMILES string of the molecule is CCCC(NC1CC(OC)C1(C)C)c1ccccc1. The molecule has 3 unspecified atom stereocenters. The minimum atomic E-state index is 0.232. The van der Waals surface area contributed by atoms with Crippen LogP contribution in [-0.2, 0) is 4.74 Å². The van der Waals surface area contributed by atoms with Crippen molar-refractivity contribution in [3.63, 3.8) is 0 Å². The molecule has 1 aromatic rings. The molecule has 3 atom stereocenters. The number of nitrogens with one attached hydrogen (secondary N) is 1. The van der Waals surface area contributed by atoms with Gasteiger partial charge in [0.1, 0.15) is 0 Å². The first-order valence-corrected chi connectivity index (χ1v) is 7.43. The van der Waals surface area contributed by atoms with Gasteiger partial charge in [-0.2, -0.15) is 0 Å². The van der Waals surface area contributed by atoms with Gasteiger partial charge in [0.2, 0.25) is 0 Å². The van der Waals surface area contributed by atoms with Gasteiger partial charge in [-0.25, -0.2) is 0 Å². The second kappa shape index (κ2) is 6.06. The normalized spacial score (nSPS) is 26.7. The van der Waals surface area contributed by atoms with Crippen molar-refractivity contribution in [2.24, 2.45) is 5.41 Å². The maximum Gasteiger partial charge on any atom is 0.0652 e. The third-order valence-corrected chi connectivity index (χ3v) is 4.64. The lowest BCUT2D eigenvalue weighted by atomic mass is 9.64. The van der Waals surface area contributed by atoms with Gasteiger partial charge in [0.15, 0.2) is 0 Å². The van der Waals surface area contributed by atoms with E-state index in [4.69, 9.17) is 4.74 Å². The highest BCUT2D eigenvalue weighted by Crippen LogP contribution is 2.43. The molecule has 1 aliphatic carbocycles. The summed E-state index contributed by atoms with van der Waals surface area (Å²) in [7, 11) is 1.82. The zero-order valence-electron chi connectivity index (χ0n) is 12.6. The van der Waals surface area contributed by atoms with Crippen molar-refractivity contribution in [1.29, 1.82) is 0 Å². The Balaban J connectivity index is 2.03. The van der Waals surface area contributed by atoms with Gasteiger partial charge < -0.3 is 10.1 Å². The molecule has 2 nitrogen and oxygen atoms in total. The first kappa shape index (κ1) is 14.5. The molecule has 2 heteroatoms. The molecule has 2 rings (SSSR count). The molecule has 0 amide bonds. The molecule has 0 bridgehead atoms. The van der Waals surface area contributed by atoms with Gasteiger partial charge in [-0.15, -0.1) is 0 Å². The van der Waals surface area contributed by atoms with Crippen molar-refractivity contribution in [3.8, 4) is 0 Å². The van der Waals surface area contributed by atoms with Crippen LogP contribution < -0.4 is 5.32 Å². The molecular weight excluding hydrogens is 234 g/mol. The van der Waals surface area contributed by atoms with Gasteiger partial charge >= 0.3 is 0 Å². The summed E-state index contributed by atoms with van der Waals surface area (Å²) in [5.41, 5.74) is 1.64. The van der Waals surface area contributed by atoms with Crippen LogP contribution in [0.3, 0.4) is 0 Å². The lowest BCUT2D eigenvalue weighted by molar-refractivity contribution is -0.101. The van der Waals surface area contributed by atoms with E-state index in [0.717, 1.165) is 6.42 Å². The summed E-state index contributed by atoms with van der Waals surface area (Å²) in [6.45, 7) is 6.86. The fraction of sp³-hybridized carbons (Fsp3) is 0.647. The molecule has 1 aliphatic rings. The van der Waals surface area contributed by atoms with Crippen molar-refractivity contribution in [3.05, 3.63) is 35.9 Å². The lowest BCUT2D eigenvalue weighted by Crippen LogP contribution is -2.61. The van der Waals surface area contributed by atoms with Gasteiger partial charge in [0, 0.05) is 24.6 Å². The quantitative estimate of drug-likeness (QED) is 0.837. The molecule has 0 saturated heterocycles. The number of methoxy groups -OCH3 is 1. The molecule has 1 saturated carbocycles. The number of hydrogen-bond donors (Lipinski definition) is 1. The van der Waals surface area contributed by atoms with Crippen LogP contribution in [-0.4, -0.2) is 19.3 Å². The Morgan fingerprint density at radius 1 is 1.32 bits per heavy atom. The zero-order valence-corrected chi connectivity index (χ0v) is 12.6. The maximum absolute atomic E-state index is 5.54. The highest BCUT2D eigenvalue weighted by molar-refractivity contribution is 5.20. The van der Waals surface area contributed by atoms with Crippen LogP contribution in [0.5, 0.6) is 0 Å². The average Bonchev–Trinajstić information content (AvgIpc) is 2.42. The van der Waals surface area contributed by atoms with E-state index in [9.17, 15) is 0 Å². The zero-order chi connectivity index (χ0) is 13.9. The van der Waals surface area contributed by atoms with Crippen molar-refractivity contribution in [2.45, 2.75) is 58.2 Å². The standard InChI is InChI=1S/C17H27NO/c1-5-9-14(13-10-7-6-8-11-13)18-15-12-16(19-4)17(15,2)3/h6-8,10-11,14-16,18H,5,9,12H2,1-4H3. The number of hydrogen-bond acceptors (Lipinski definition) is 2. The highest BCUT2D eigenvalue weighted by Gasteiger charge is 2.48. The third kappa shape index (κ3) is 3.01. The molecule has 0 spiro atoms. The van der Waals surface area contributed by atoms with Gasteiger partial charge in [-0.1, -0.05) is 57.5 Å². The van der Waals surface area contributed by atoms with Gasteiger partial charge in [0.25, 0.3) is 0 Å². The van der Waals surface area contributed by atoms with Crippen LogP contribution >= 0.6 is 0 Å². The summed E-state index contributed by atoms with van der Waals surface area (Å²) in [5.74, 6) is 0. The first-order valence-electron chi connectivity index (χ1n) is 7.43. The van der Waals surface area contributed by atoms with Crippen molar-refractivity contribution >= 4 is 0 Å². The summed E-state index contributed by atoms with van der Waals surface area (Å²) in [4.78, 5) is 0. The molecule has 0 aromatic heterocycles. The summed E-state index contributed by atoms with van der Waals surface area (Å²) < 4.78 is 5.54. The largest absolute Gasteiger partial charge is 0.381 e. The van der Waals surface area contributed by atoms with Crippen molar-refractivity contribution in [1.82, 2.24) is 5.32 Å². The Labute approximate surface area is 117 Å². The second-order valence-electron chi connectivity index (χ2n) is 6.25. The van der Waals surface area contributed by atoms with Crippen molar-refractivity contribution in [2.75, 3.05) is 7.11 Å². The predicted octanol–water partition coefficient (Wildman–Crippen LogP) is 3.93. The van der Waals surface area contributed by atoms with Crippen LogP contribution in [0.4, 0.5) is 0 Å². The van der Waals surface area contributed by atoms with Crippen LogP contribution in [0.1, 0.15) is 51.6 Å². The Morgan fingerprint density at radius 2 is 2.00 bits per heavy atom. The number of benzene rings is 1. The van der Waals surface area contributed by atoms with Crippen molar-refractivity contribution < 1.29 is 4.74 Å². The van der Waals surface area contributed by atoms with E-state index in [1.807, 2.05) is 7.11 Å². The molecule has 1 aromatic carbocycles. The molecule has 0 heterocycles. The minimum Gasteiger partial charge on any atom is -0.381 e. The Bertz CT molecular complexity index is 388. The molecule has 0 aliphatic heterocycles. The Kier molecular flexibility index (Phi) is 4.64. The minimum absolute atomic E-state index is 0.232. The van der Waals surface area contributed by atoms with E-state index in [0.29, 0.717) is 18.2 Å². The van der Waals surface area contributed by atoms with Crippen LogP contribution in [0.25, 0.3) is 0 Å². The first-order chi connectivity index (χ1) is 9.09. The van der Waals surface area contributed by atoms with E-state index >= 15 is 0 Å². The molecule has 0 radical (unpaired) electrons. The molecule has 1 N–H and O–H groups in total. The fourth-order valence-corrected chi connectivity index (χ4v) is 3.13. The van der Waals surface area contributed by atoms with Crippen LogP contribution in [0.2, 0.25) is 0 Å². The molecule has 1 fully saturated rings. The predicted molar refractivity (Wildman–Crippen MR) is 80.2 cm³/mol. The average molecular weight is 261 g/mol. The van der Waals surface area contributed by atoms with E-state index in [1.54, 1.807) is 0 Å². The fourth-order valence-electron chi connectivity index (χ4n) is 3.13. The topological polar surface area (TPSA) is 21.3 Å². The third-order valence-electron chi connectivity index (χ3n) is 4.64. The van der Waals surface area contributed by atoms with E-state index in [-0.39, 0.29) is 5.41 Å². The smallest absolute Gasteiger partial charge is 0.0652 e. The molecule has 106 valence electrons. The van der Waals surface area contributed by atoms with Gasteiger partial charge in [0.05, 0.1) is 6.10 Å². The maximum atomic E-state index is 5.54.